The first-order valence-corrected chi connectivity index (χ1v) is 19.9. The van der Waals surface area contributed by atoms with Crippen molar-refractivity contribution in [1.29, 1.82) is 0 Å². The van der Waals surface area contributed by atoms with Crippen LogP contribution in [0.15, 0.2) is 121 Å². The molecule has 1 heterocycles. The van der Waals surface area contributed by atoms with Crippen molar-refractivity contribution in [2.45, 2.75) is 93.9 Å². The molecule has 0 bridgehead atoms. The summed E-state index contributed by atoms with van der Waals surface area (Å²) < 4.78 is 33.7. The Hall–Kier alpha value is -6.28. The zero-order chi connectivity index (χ0) is 43.8. The van der Waals surface area contributed by atoms with E-state index in [1.165, 1.54) is 0 Å². The van der Waals surface area contributed by atoms with Gasteiger partial charge in [0.05, 0.1) is 12.1 Å². The Labute approximate surface area is 357 Å². The van der Waals surface area contributed by atoms with Crippen LogP contribution in [0.5, 0.6) is 0 Å². The van der Waals surface area contributed by atoms with Crippen molar-refractivity contribution < 1.29 is 68.0 Å². The average Bonchev–Trinajstić information content (AvgIpc) is 3.29. The molecule has 0 spiro atoms. The Balaban J connectivity index is 1.19. The quantitative estimate of drug-likeness (QED) is 0.0801. The van der Waals surface area contributed by atoms with E-state index in [1.54, 1.807) is 115 Å². The van der Waals surface area contributed by atoms with Gasteiger partial charge < -0.3 is 70.1 Å². The van der Waals surface area contributed by atoms with E-state index in [1.807, 2.05) is 6.07 Å². The molecule has 0 aromatic heterocycles. The molecule has 6 rings (SSSR count). The molecule has 2 fully saturated rings. The van der Waals surface area contributed by atoms with Gasteiger partial charge in [-0.15, -0.1) is 0 Å². The molecular weight excluding hydrogens is 808 g/mol. The fourth-order valence-electron chi connectivity index (χ4n) is 6.89. The third-order valence-corrected chi connectivity index (χ3v) is 10.2. The van der Waals surface area contributed by atoms with Crippen molar-refractivity contribution in [3.05, 3.63) is 144 Å². The zero-order valence-electron chi connectivity index (χ0n) is 33.4. The summed E-state index contributed by atoms with van der Waals surface area (Å²) >= 11 is 0. The van der Waals surface area contributed by atoms with E-state index in [-0.39, 0.29) is 32.8 Å². The largest absolute Gasteiger partial charge is 0.445 e. The molecule has 0 radical (unpaired) electrons. The van der Waals surface area contributed by atoms with Crippen LogP contribution in [0.1, 0.15) is 28.7 Å². The van der Waals surface area contributed by atoms with Crippen LogP contribution in [-0.2, 0) is 54.8 Å². The highest BCUT2D eigenvalue weighted by Crippen LogP contribution is 2.30. The maximum absolute atomic E-state index is 13.3. The summed E-state index contributed by atoms with van der Waals surface area (Å²) in [6.07, 6.45) is -15.9. The summed E-state index contributed by atoms with van der Waals surface area (Å²) in [5.74, 6) is 0. The van der Waals surface area contributed by atoms with Crippen LogP contribution in [0.25, 0.3) is 0 Å². The minimum Gasteiger partial charge on any atom is -0.445 e. The highest BCUT2D eigenvalue weighted by molar-refractivity contribution is 5.69. The standard InChI is InChI=1S/C44H50N4O14/c49-35-31(46-42(54)58-24-28-15-7-2-8-16-28)21-32(47-43(55)59-25-29-17-9-3-10-18-29)39(38(35)52)62-40-34(48-44(56)60-26-30-19-11-4-12-20-30)37(51)36(50)33(61-40)22-45-41(53)57-23-27-13-5-1-6-14-27/h1-20,31-40,49-52H,21-26H2,(H,45,53)(H,46,54)(H,47,55)(H,48,56)/t31-,32+,33-,34-,35+,36-,37-,38-,39-,40-/m1/s1. The number of carbonyl (C=O) groups excluding carboxylic acids is 4. The third-order valence-electron chi connectivity index (χ3n) is 10.2. The van der Waals surface area contributed by atoms with Gasteiger partial charge in [-0.1, -0.05) is 121 Å². The normalized spacial score (nSPS) is 25.6. The third kappa shape index (κ3) is 13.1. The first kappa shape index (κ1) is 45.3. The van der Waals surface area contributed by atoms with E-state index in [9.17, 15) is 39.6 Å². The first-order chi connectivity index (χ1) is 30.0. The van der Waals surface area contributed by atoms with Crippen LogP contribution in [0.2, 0.25) is 0 Å². The number of rotatable bonds is 15. The SMILES string of the molecule is O=C(NC[C@H]1O[C@H](O[C@H]2[C@H](O)[C@@H](O)[C@H](NC(=O)OCc3ccccc3)C[C@@H]2NC(=O)OCc2ccccc2)[C@H](NC(=O)OCc2ccccc2)[C@@H](O)[C@@H]1O)OCc1ccccc1. The summed E-state index contributed by atoms with van der Waals surface area (Å²) in [4.78, 5) is 52.0. The molecule has 1 aliphatic heterocycles. The highest BCUT2D eigenvalue weighted by atomic mass is 16.7. The lowest BCUT2D eigenvalue weighted by Gasteiger charge is -2.47. The summed E-state index contributed by atoms with van der Waals surface area (Å²) in [6, 6.07) is 31.3. The van der Waals surface area contributed by atoms with Crippen LogP contribution in [-0.4, -0.2) is 112 Å². The molecule has 1 saturated carbocycles. The topological polar surface area (TPSA) is 253 Å². The average molecular weight is 859 g/mol. The number of hydrogen-bond donors (Lipinski definition) is 8. The predicted molar refractivity (Wildman–Crippen MR) is 217 cm³/mol. The van der Waals surface area contributed by atoms with Gasteiger partial charge in [-0.3, -0.25) is 0 Å². The molecule has 330 valence electrons. The molecule has 0 unspecified atom stereocenters. The first-order valence-electron chi connectivity index (χ1n) is 19.9. The number of alkyl carbamates (subject to hydrolysis) is 4. The second-order valence-corrected chi connectivity index (χ2v) is 14.6. The smallest absolute Gasteiger partial charge is 0.407 e. The Morgan fingerprint density at radius 1 is 0.500 bits per heavy atom. The van der Waals surface area contributed by atoms with Gasteiger partial charge in [0.15, 0.2) is 6.29 Å². The number of hydrogen-bond acceptors (Lipinski definition) is 14. The number of aliphatic hydroxyl groups is 4. The van der Waals surface area contributed by atoms with E-state index in [0.29, 0.717) is 16.7 Å². The lowest BCUT2D eigenvalue weighted by atomic mass is 9.83. The van der Waals surface area contributed by atoms with Crippen LogP contribution in [0, 0.1) is 0 Å². The van der Waals surface area contributed by atoms with E-state index in [0.717, 1.165) is 5.56 Å². The van der Waals surface area contributed by atoms with Gasteiger partial charge in [0.1, 0.15) is 69.1 Å². The monoisotopic (exact) mass is 858 g/mol. The number of benzene rings is 4. The fourth-order valence-corrected chi connectivity index (χ4v) is 6.89. The molecule has 18 heteroatoms. The zero-order valence-corrected chi connectivity index (χ0v) is 33.4. The van der Waals surface area contributed by atoms with Gasteiger partial charge >= 0.3 is 24.4 Å². The van der Waals surface area contributed by atoms with Gasteiger partial charge in [0.2, 0.25) is 0 Å². The van der Waals surface area contributed by atoms with Gasteiger partial charge in [0, 0.05) is 6.54 Å². The molecule has 4 amide bonds. The minimum absolute atomic E-state index is 0.0587. The summed E-state index contributed by atoms with van der Waals surface area (Å²) in [5, 5.41) is 55.7. The van der Waals surface area contributed by atoms with Crippen molar-refractivity contribution in [3.8, 4) is 0 Å². The Morgan fingerprint density at radius 3 is 1.35 bits per heavy atom. The molecule has 4 aromatic carbocycles. The highest BCUT2D eigenvalue weighted by Gasteiger charge is 2.51. The second kappa shape index (κ2) is 22.5. The molecule has 10 atom stereocenters. The van der Waals surface area contributed by atoms with Gasteiger partial charge in [-0.05, 0) is 28.7 Å². The number of carbonyl (C=O) groups is 4. The number of aliphatic hydroxyl groups excluding tert-OH is 4. The molecular formula is C44H50N4O14. The number of ether oxygens (including phenoxy) is 6. The van der Waals surface area contributed by atoms with Crippen LogP contribution in [0.3, 0.4) is 0 Å². The van der Waals surface area contributed by atoms with Crippen LogP contribution in [0.4, 0.5) is 19.2 Å². The second-order valence-electron chi connectivity index (χ2n) is 14.6. The molecule has 2 aliphatic rings. The van der Waals surface area contributed by atoms with Gasteiger partial charge in [-0.25, -0.2) is 19.2 Å². The van der Waals surface area contributed by atoms with Crippen molar-refractivity contribution in [2.24, 2.45) is 0 Å². The summed E-state index contributed by atoms with van der Waals surface area (Å²) in [5.41, 5.74) is 2.75. The molecule has 62 heavy (non-hydrogen) atoms. The molecule has 1 aliphatic carbocycles. The van der Waals surface area contributed by atoms with E-state index < -0.39 is 92.0 Å². The van der Waals surface area contributed by atoms with E-state index >= 15 is 0 Å². The summed E-state index contributed by atoms with van der Waals surface area (Å²) in [7, 11) is 0. The van der Waals surface area contributed by atoms with E-state index in [4.69, 9.17) is 28.4 Å². The maximum Gasteiger partial charge on any atom is 0.407 e. The lowest BCUT2D eigenvalue weighted by molar-refractivity contribution is -0.293. The molecule has 4 aromatic rings. The number of nitrogens with one attached hydrogen (secondary N) is 4. The minimum atomic E-state index is -1.87. The van der Waals surface area contributed by atoms with Crippen LogP contribution >= 0.6 is 0 Å². The van der Waals surface area contributed by atoms with E-state index in [2.05, 4.69) is 21.3 Å². The van der Waals surface area contributed by atoms with Gasteiger partial charge in [-0.2, -0.15) is 0 Å². The van der Waals surface area contributed by atoms with Crippen LogP contribution < -0.4 is 21.3 Å². The van der Waals surface area contributed by atoms with Crippen molar-refractivity contribution >= 4 is 24.4 Å². The lowest BCUT2D eigenvalue weighted by Crippen LogP contribution is -2.69. The predicted octanol–water partition coefficient (Wildman–Crippen LogP) is 2.76. The fraction of sp³-hybridized carbons (Fsp3) is 0.364. The maximum atomic E-state index is 13.3. The summed E-state index contributed by atoms with van der Waals surface area (Å²) in [6.45, 7) is -0.852. The molecule has 18 nitrogen and oxygen atoms in total. The molecule has 1 saturated heterocycles. The van der Waals surface area contributed by atoms with Crippen molar-refractivity contribution in [3.63, 3.8) is 0 Å². The number of amides is 4. The Morgan fingerprint density at radius 2 is 0.903 bits per heavy atom. The Bertz CT molecular complexity index is 2020. The molecule has 8 N–H and O–H groups in total. The van der Waals surface area contributed by atoms with Gasteiger partial charge in [0.25, 0.3) is 0 Å². The van der Waals surface area contributed by atoms with Crippen molar-refractivity contribution in [2.75, 3.05) is 6.54 Å². The van der Waals surface area contributed by atoms with Crippen molar-refractivity contribution in [1.82, 2.24) is 21.3 Å². The Kier molecular flexibility index (Phi) is 16.4.